The van der Waals surface area contributed by atoms with E-state index in [2.05, 4.69) is 23.8 Å². The lowest BCUT2D eigenvalue weighted by molar-refractivity contribution is 0.999. The molecule has 0 spiro atoms. The minimum atomic E-state index is 0.678. The van der Waals surface area contributed by atoms with E-state index < -0.39 is 0 Å². The average molecular weight is 153 g/mol. The van der Waals surface area contributed by atoms with Crippen molar-refractivity contribution in [3.63, 3.8) is 0 Å². The fraction of sp³-hybridized carbons (Fsp3) is 0.375. The molecule has 3 nitrogen and oxygen atoms in total. The minimum Gasteiger partial charge on any atom is -0.392 e. The largest absolute Gasteiger partial charge is 0.392 e. The molecular formula is C8H15N3. The van der Waals surface area contributed by atoms with Gasteiger partial charge in [0.15, 0.2) is 6.19 Å². The van der Waals surface area contributed by atoms with Crippen molar-refractivity contribution in [1.82, 2.24) is 10.6 Å². The summed E-state index contributed by atoms with van der Waals surface area (Å²) in [6.07, 6.45) is 1.72. The molecule has 0 aromatic carbocycles. The van der Waals surface area contributed by atoms with Gasteiger partial charge in [0.1, 0.15) is 0 Å². The van der Waals surface area contributed by atoms with E-state index in [0.29, 0.717) is 5.70 Å². The number of hydrogen-bond acceptors (Lipinski definition) is 3. The van der Waals surface area contributed by atoms with Crippen LogP contribution in [-0.4, -0.2) is 7.05 Å². The van der Waals surface area contributed by atoms with E-state index in [4.69, 9.17) is 5.26 Å². The zero-order chi connectivity index (χ0) is 9.28. The van der Waals surface area contributed by atoms with Crippen LogP contribution >= 0.6 is 0 Å². The standard InChI is InChI=1S/C4H6N2.C4H9N/c1-4(2)6-3-5;1-4(2)5-3/h6H,1H2,2H3;5H,1H2,2-3H3. The van der Waals surface area contributed by atoms with Gasteiger partial charge in [0.25, 0.3) is 0 Å². The lowest BCUT2D eigenvalue weighted by atomic mass is 10.6. The molecule has 62 valence electrons. The maximum atomic E-state index is 7.81. The summed E-state index contributed by atoms with van der Waals surface area (Å²) in [6.45, 7) is 10.6. The Hall–Kier alpha value is -1.43. The average Bonchev–Trinajstić information content (AvgIpc) is 1.89. The summed E-state index contributed by atoms with van der Waals surface area (Å²) >= 11 is 0. The molecule has 0 heterocycles. The van der Waals surface area contributed by atoms with Crippen molar-refractivity contribution in [2.75, 3.05) is 7.05 Å². The molecule has 0 saturated heterocycles. The third-order valence-corrected chi connectivity index (χ3v) is 0.696. The van der Waals surface area contributed by atoms with Gasteiger partial charge in [0, 0.05) is 12.7 Å². The summed E-state index contributed by atoms with van der Waals surface area (Å²) in [5.41, 5.74) is 1.68. The first-order valence-electron chi connectivity index (χ1n) is 3.18. The SMILES string of the molecule is C=C(C)NC.C=C(C)NC#N. The molecule has 2 N–H and O–H groups in total. The predicted octanol–water partition coefficient (Wildman–Crippen LogP) is 1.33. The van der Waals surface area contributed by atoms with Gasteiger partial charge in [-0.05, 0) is 19.5 Å². The zero-order valence-corrected chi connectivity index (χ0v) is 7.36. The van der Waals surface area contributed by atoms with Crippen LogP contribution in [0.15, 0.2) is 24.6 Å². The molecule has 11 heavy (non-hydrogen) atoms. The zero-order valence-electron chi connectivity index (χ0n) is 7.36. The highest BCUT2D eigenvalue weighted by Crippen LogP contribution is 1.70. The van der Waals surface area contributed by atoms with Crippen molar-refractivity contribution in [2.45, 2.75) is 13.8 Å². The van der Waals surface area contributed by atoms with E-state index >= 15 is 0 Å². The highest BCUT2D eigenvalue weighted by atomic mass is 14.9. The summed E-state index contributed by atoms with van der Waals surface area (Å²) in [6, 6.07) is 0. The van der Waals surface area contributed by atoms with Crippen molar-refractivity contribution in [3.8, 4) is 6.19 Å². The van der Waals surface area contributed by atoms with Gasteiger partial charge in [-0.2, -0.15) is 5.26 Å². The molecule has 0 aliphatic rings. The Kier molecular flexibility index (Phi) is 9.56. The van der Waals surface area contributed by atoms with Gasteiger partial charge >= 0.3 is 0 Å². The Labute approximate surface area is 68.4 Å². The number of nitriles is 1. The second kappa shape index (κ2) is 8.57. The van der Waals surface area contributed by atoms with E-state index in [1.807, 2.05) is 14.0 Å². The molecule has 0 unspecified atom stereocenters. The lowest BCUT2D eigenvalue weighted by Crippen LogP contribution is -1.98. The summed E-state index contributed by atoms with van der Waals surface area (Å²) < 4.78 is 0. The van der Waals surface area contributed by atoms with Crippen LogP contribution in [0.1, 0.15) is 13.8 Å². The van der Waals surface area contributed by atoms with Crippen LogP contribution < -0.4 is 10.6 Å². The van der Waals surface area contributed by atoms with Gasteiger partial charge in [-0.15, -0.1) is 0 Å². The maximum absolute atomic E-state index is 7.81. The third-order valence-electron chi connectivity index (χ3n) is 0.696. The summed E-state index contributed by atoms with van der Waals surface area (Å²) in [5, 5.41) is 13.0. The molecule has 0 radical (unpaired) electrons. The van der Waals surface area contributed by atoms with Crippen molar-refractivity contribution >= 4 is 0 Å². The number of hydrogen-bond donors (Lipinski definition) is 2. The Bertz CT molecular complexity index is 165. The normalized spacial score (nSPS) is 6.36. The van der Waals surface area contributed by atoms with Crippen LogP contribution in [0, 0.1) is 11.5 Å². The molecule has 0 saturated carbocycles. The Morgan fingerprint density at radius 2 is 1.64 bits per heavy atom. The Morgan fingerprint density at radius 3 is 1.64 bits per heavy atom. The van der Waals surface area contributed by atoms with E-state index in [-0.39, 0.29) is 0 Å². The van der Waals surface area contributed by atoms with Crippen molar-refractivity contribution in [3.05, 3.63) is 24.6 Å². The topological polar surface area (TPSA) is 47.8 Å². The molecule has 0 rings (SSSR count). The predicted molar refractivity (Wildman–Crippen MR) is 47.4 cm³/mol. The quantitative estimate of drug-likeness (QED) is 0.465. The number of allylic oxidation sites excluding steroid dienone is 2. The molecule has 0 amide bonds. The van der Waals surface area contributed by atoms with E-state index in [9.17, 15) is 0 Å². The first kappa shape index (κ1) is 12.3. The van der Waals surface area contributed by atoms with Gasteiger partial charge in [0.2, 0.25) is 0 Å². The summed E-state index contributed by atoms with van der Waals surface area (Å²) in [5.74, 6) is 0. The number of rotatable bonds is 2. The minimum absolute atomic E-state index is 0.678. The van der Waals surface area contributed by atoms with E-state index in [1.54, 1.807) is 13.1 Å². The Balaban J connectivity index is 0. The fourth-order valence-corrected chi connectivity index (χ4v) is 0.0954. The van der Waals surface area contributed by atoms with Crippen molar-refractivity contribution in [1.29, 1.82) is 5.26 Å². The van der Waals surface area contributed by atoms with Gasteiger partial charge < -0.3 is 5.32 Å². The van der Waals surface area contributed by atoms with Crippen LogP contribution in [0.5, 0.6) is 0 Å². The molecule has 0 aliphatic carbocycles. The molecule has 0 fully saturated rings. The summed E-state index contributed by atoms with van der Waals surface area (Å²) in [4.78, 5) is 0. The van der Waals surface area contributed by atoms with Gasteiger partial charge in [-0.25, -0.2) is 0 Å². The third kappa shape index (κ3) is 29.0. The van der Waals surface area contributed by atoms with Gasteiger partial charge in [0.05, 0.1) is 0 Å². The first-order chi connectivity index (χ1) is 5.04. The monoisotopic (exact) mass is 153 g/mol. The molecule has 0 aromatic rings. The van der Waals surface area contributed by atoms with E-state index in [0.717, 1.165) is 5.70 Å². The van der Waals surface area contributed by atoms with Gasteiger partial charge in [-0.1, -0.05) is 13.2 Å². The highest BCUT2D eigenvalue weighted by Gasteiger charge is 1.69. The van der Waals surface area contributed by atoms with Crippen LogP contribution in [-0.2, 0) is 0 Å². The van der Waals surface area contributed by atoms with Crippen LogP contribution in [0.3, 0.4) is 0 Å². The van der Waals surface area contributed by atoms with Crippen LogP contribution in [0.25, 0.3) is 0 Å². The maximum Gasteiger partial charge on any atom is 0.181 e. The van der Waals surface area contributed by atoms with Crippen molar-refractivity contribution in [2.24, 2.45) is 0 Å². The Morgan fingerprint density at radius 1 is 1.27 bits per heavy atom. The second-order valence-corrected chi connectivity index (χ2v) is 2.05. The molecule has 0 bridgehead atoms. The molecule has 0 atom stereocenters. The van der Waals surface area contributed by atoms with Gasteiger partial charge in [-0.3, -0.25) is 5.32 Å². The lowest BCUT2D eigenvalue weighted by Gasteiger charge is -1.87. The summed E-state index contributed by atoms with van der Waals surface area (Å²) in [7, 11) is 1.85. The molecular weight excluding hydrogens is 138 g/mol. The van der Waals surface area contributed by atoms with Crippen LogP contribution in [0.4, 0.5) is 0 Å². The number of nitrogens with one attached hydrogen (secondary N) is 2. The molecule has 0 aromatic heterocycles. The first-order valence-corrected chi connectivity index (χ1v) is 3.18. The fourth-order valence-electron chi connectivity index (χ4n) is 0.0954. The number of nitrogens with zero attached hydrogens (tertiary/aromatic N) is 1. The second-order valence-electron chi connectivity index (χ2n) is 2.05. The van der Waals surface area contributed by atoms with Crippen LogP contribution in [0.2, 0.25) is 0 Å². The highest BCUT2D eigenvalue weighted by molar-refractivity contribution is 4.91. The van der Waals surface area contributed by atoms with Crippen molar-refractivity contribution < 1.29 is 0 Å². The smallest absolute Gasteiger partial charge is 0.181 e. The molecule has 3 heteroatoms. The van der Waals surface area contributed by atoms with E-state index in [1.165, 1.54) is 0 Å². The molecule has 0 aliphatic heterocycles.